The summed E-state index contributed by atoms with van der Waals surface area (Å²) in [5.41, 5.74) is 7.12. The van der Waals surface area contributed by atoms with Crippen molar-refractivity contribution < 1.29 is 14.9 Å². The number of aliphatic hydroxyl groups excluding tert-OH is 2. The molecule has 0 atom stereocenters. The minimum absolute atomic E-state index is 0.187. The molecule has 3 aromatic carbocycles. The molecule has 6 rings (SSSR count). The molecule has 0 aliphatic carbocycles. The molecule has 0 aliphatic rings. The summed E-state index contributed by atoms with van der Waals surface area (Å²) in [5.74, 6) is 0.566. The molecule has 174 valence electrons. The summed E-state index contributed by atoms with van der Waals surface area (Å²) >= 11 is 1.50. The van der Waals surface area contributed by atoms with Crippen LogP contribution < -0.4 is 4.74 Å². The van der Waals surface area contributed by atoms with E-state index in [4.69, 9.17) is 9.72 Å². The van der Waals surface area contributed by atoms with Gasteiger partial charge in [0.1, 0.15) is 10.8 Å². The molecule has 0 saturated heterocycles. The Morgan fingerprint density at radius 3 is 2.66 bits per heavy atom. The van der Waals surface area contributed by atoms with Crippen LogP contribution in [0.1, 0.15) is 11.1 Å². The van der Waals surface area contributed by atoms with E-state index in [0.29, 0.717) is 16.9 Å². The van der Waals surface area contributed by atoms with Crippen molar-refractivity contribution in [2.45, 2.75) is 13.2 Å². The molecule has 0 fully saturated rings. The molecule has 0 aliphatic heterocycles. The monoisotopic (exact) mass is 482 g/mol. The van der Waals surface area contributed by atoms with E-state index in [1.807, 2.05) is 49.1 Å². The van der Waals surface area contributed by atoms with Crippen molar-refractivity contribution in [3.63, 3.8) is 0 Å². The lowest BCUT2D eigenvalue weighted by atomic mass is 10.1. The molecule has 0 spiro atoms. The highest BCUT2D eigenvalue weighted by Crippen LogP contribution is 2.40. The number of imidazole rings is 1. The first-order valence-electron chi connectivity index (χ1n) is 11.1. The van der Waals surface area contributed by atoms with Gasteiger partial charge in [-0.25, -0.2) is 9.97 Å². The fourth-order valence-corrected chi connectivity index (χ4v) is 5.63. The van der Waals surface area contributed by atoms with E-state index in [2.05, 4.69) is 38.8 Å². The molecule has 0 radical (unpaired) electrons. The zero-order valence-electron chi connectivity index (χ0n) is 18.9. The summed E-state index contributed by atoms with van der Waals surface area (Å²) in [6.45, 7) is -0.395. The number of hydrogen-bond acceptors (Lipinski definition) is 6. The summed E-state index contributed by atoms with van der Waals surface area (Å²) in [7, 11) is 1.57. The van der Waals surface area contributed by atoms with E-state index >= 15 is 0 Å². The Labute approximate surface area is 204 Å². The van der Waals surface area contributed by atoms with Crippen LogP contribution in [0.2, 0.25) is 0 Å². The number of methoxy groups -OCH3 is 1. The maximum Gasteiger partial charge on any atom is 0.144 e. The lowest BCUT2D eigenvalue weighted by Gasteiger charge is -2.11. The number of H-pyrrole nitrogens is 1. The smallest absolute Gasteiger partial charge is 0.144 e. The van der Waals surface area contributed by atoms with Gasteiger partial charge in [-0.1, -0.05) is 18.2 Å². The Bertz CT molecular complexity index is 1660. The van der Waals surface area contributed by atoms with Crippen molar-refractivity contribution in [3.05, 3.63) is 84.4 Å². The molecule has 0 amide bonds. The molecule has 35 heavy (non-hydrogen) atoms. The maximum absolute atomic E-state index is 9.80. The number of para-hydroxylation sites is 1. The third kappa shape index (κ3) is 3.50. The number of nitrogens with zero attached hydrogens (tertiary/aromatic N) is 3. The van der Waals surface area contributed by atoms with E-state index in [9.17, 15) is 10.2 Å². The number of aliphatic hydroxyl groups is 2. The highest BCUT2D eigenvalue weighted by atomic mass is 32.1. The molecule has 3 heterocycles. The maximum atomic E-state index is 9.80. The quantitative estimate of drug-likeness (QED) is 0.300. The first-order chi connectivity index (χ1) is 17.2. The van der Waals surface area contributed by atoms with Crippen LogP contribution in [0.25, 0.3) is 48.6 Å². The first-order valence-corrected chi connectivity index (χ1v) is 11.9. The van der Waals surface area contributed by atoms with E-state index in [1.54, 1.807) is 7.11 Å². The predicted molar refractivity (Wildman–Crippen MR) is 138 cm³/mol. The largest absolute Gasteiger partial charge is 0.495 e. The van der Waals surface area contributed by atoms with Crippen LogP contribution in [-0.4, -0.2) is 36.8 Å². The summed E-state index contributed by atoms with van der Waals surface area (Å²) in [4.78, 5) is 12.5. The van der Waals surface area contributed by atoms with Gasteiger partial charge in [0.25, 0.3) is 0 Å². The third-order valence-corrected chi connectivity index (χ3v) is 7.38. The number of hydrogen-bond donors (Lipinski definition) is 3. The summed E-state index contributed by atoms with van der Waals surface area (Å²) < 4.78 is 8.50. The van der Waals surface area contributed by atoms with Crippen LogP contribution in [0.15, 0.2) is 73.3 Å². The van der Waals surface area contributed by atoms with Gasteiger partial charge >= 0.3 is 0 Å². The highest BCUT2D eigenvalue weighted by Gasteiger charge is 2.18. The number of nitrogens with one attached hydrogen (secondary N) is 1. The van der Waals surface area contributed by atoms with Crippen molar-refractivity contribution in [1.29, 1.82) is 0 Å². The van der Waals surface area contributed by atoms with Gasteiger partial charge in [0, 0.05) is 39.5 Å². The van der Waals surface area contributed by atoms with Gasteiger partial charge in [-0.2, -0.15) is 0 Å². The standard InChI is InChI=1S/C27H22N4O3S/c1-34-25-21(14-33)17(13-32)10-23-26(25)35-27(30-23)16-6-8-18(9-7-16)31-15-28-12-24(31)20-11-29-22-5-3-2-4-19(20)22/h2-12,15,29,32-33H,13-14H2,1H3. The molecule has 3 N–H and O–H groups in total. The van der Waals surface area contributed by atoms with Crippen molar-refractivity contribution in [2.75, 3.05) is 7.11 Å². The Balaban J connectivity index is 1.39. The van der Waals surface area contributed by atoms with E-state index < -0.39 is 0 Å². The first kappa shape index (κ1) is 21.5. The molecule has 7 nitrogen and oxygen atoms in total. The van der Waals surface area contributed by atoms with Crippen LogP contribution in [0.4, 0.5) is 0 Å². The lowest BCUT2D eigenvalue weighted by Crippen LogP contribution is -1.99. The minimum atomic E-state index is -0.208. The van der Waals surface area contributed by atoms with Crippen LogP contribution in [0, 0.1) is 0 Å². The molecular formula is C27H22N4O3S. The van der Waals surface area contributed by atoms with Crippen LogP contribution >= 0.6 is 11.3 Å². The Morgan fingerprint density at radius 1 is 1.06 bits per heavy atom. The summed E-state index contributed by atoms with van der Waals surface area (Å²) in [6.07, 6.45) is 5.71. The van der Waals surface area contributed by atoms with E-state index in [1.165, 1.54) is 11.3 Å². The normalized spacial score (nSPS) is 11.5. The van der Waals surface area contributed by atoms with Crippen LogP contribution in [0.3, 0.4) is 0 Å². The van der Waals surface area contributed by atoms with Crippen molar-refractivity contribution in [3.8, 4) is 33.3 Å². The van der Waals surface area contributed by atoms with Crippen LogP contribution in [0.5, 0.6) is 5.75 Å². The Hall–Kier alpha value is -3.98. The number of aromatic nitrogens is 4. The molecule has 3 aromatic heterocycles. The topological polar surface area (TPSA) is 96.2 Å². The second kappa shape index (κ2) is 8.66. The van der Waals surface area contributed by atoms with Gasteiger partial charge in [-0.15, -0.1) is 11.3 Å². The molecule has 8 heteroatoms. The molecule has 0 bridgehead atoms. The minimum Gasteiger partial charge on any atom is -0.495 e. The number of ether oxygens (including phenoxy) is 1. The number of thiazole rings is 1. The second-order valence-corrected chi connectivity index (χ2v) is 9.17. The second-order valence-electron chi connectivity index (χ2n) is 8.17. The van der Waals surface area contributed by atoms with Crippen LogP contribution in [-0.2, 0) is 13.2 Å². The lowest BCUT2D eigenvalue weighted by molar-refractivity contribution is 0.254. The van der Waals surface area contributed by atoms with Crippen molar-refractivity contribution in [2.24, 2.45) is 0 Å². The summed E-state index contributed by atoms with van der Waals surface area (Å²) in [6, 6.07) is 18.2. The third-order valence-electron chi connectivity index (χ3n) is 6.26. The van der Waals surface area contributed by atoms with E-state index in [-0.39, 0.29) is 13.2 Å². The molecule has 6 aromatic rings. The number of benzene rings is 3. The fourth-order valence-electron chi connectivity index (χ4n) is 4.53. The average Bonchev–Trinajstić information content (AvgIpc) is 3.65. The summed E-state index contributed by atoms with van der Waals surface area (Å²) in [5, 5.41) is 21.5. The van der Waals surface area contributed by atoms with E-state index in [0.717, 1.165) is 48.6 Å². The molecular weight excluding hydrogens is 460 g/mol. The molecule has 0 unspecified atom stereocenters. The number of rotatable bonds is 6. The van der Waals surface area contributed by atoms with Gasteiger partial charge in [0.05, 0.1) is 48.8 Å². The zero-order chi connectivity index (χ0) is 23.9. The van der Waals surface area contributed by atoms with Gasteiger partial charge < -0.3 is 19.9 Å². The SMILES string of the molecule is COc1c(CO)c(CO)cc2nc(-c3ccc(-n4cncc4-c4c[nH]c5ccccc45)cc3)sc12. The van der Waals surface area contributed by atoms with Gasteiger partial charge in [-0.05, 0) is 42.0 Å². The molecule has 0 saturated carbocycles. The predicted octanol–water partition coefficient (Wildman–Crippen LogP) is 5.29. The number of aromatic amines is 1. The zero-order valence-corrected chi connectivity index (χ0v) is 19.7. The highest BCUT2D eigenvalue weighted by molar-refractivity contribution is 7.22. The van der Waals surface area contributed by atoms with Crippen molar-refractivity contribution >= 4 is 32.5 Å². The van der Waals surface area contributed by atoms with Crippen molar-refractivity contribution in [1.82, 2.24) is 19.5 Å². The van der Waals surface area contributed by atoms with Gasteiger partial charge in [0.15, 0.2) is 0 Å². The number of fused-ring (bicyclic) bond motifs is 2. The van der Waals surface area contributed by atoms with Gasteiger partial charge in [-0.3, -0.25) is 4.57 Å². The Morgan fingerprint density at radius 2 is 1.89 bits per heavy atom. The van der Waals surface area contributed by atoms with Gasteiger partial charge in [0.2, 0.25) is 0 Å². The Kier molecular flexibility index (Phi) is 5.33. The average molecular weight is 483 g/mol. The fraction of sp³-hybridized carbons (Fsp3) is 0.111.